The molecule has 2 rings (SSSR count). The fraction of sp³-hybridized carbons (Fsp3) is 0.706. The zero-order chi connectivity index (χ0) is 18.3. The van der Waals surface area contributed by atoms with Crippen LogP contribution in [-0.2, 0) is 14.3 Å². The molecule has 1 heterocycles. The van der Waals surface area contributed by atoms with Gasteiger partial charge in [0.1, 0.15) is 17.2 Å². The Hall–Kier alpha value is -2.05. The minimum atomic E-state index is -1.07. The predicted molar refractivity (Wildman–Crippen MR) is 88.9 cm³/mol. The van der Waals surface area contributed by atoms with E-state index in [0.29, 0.717) is 19.4 Å². The van der Waals surface area contributed by atoms with Gasteiger partial charge in [-0.2, -0.15) is 0 Å². The van der Waals surface area contributed by atoms with Crippen molar-refractivity contribution in [2.75, 3.05) is 6.54 Å². The maximum absolute atomic E-state index is 12.8. The van der Waals surface area contributed by atoms with Crippen LogP contribution in [0.2, 0.25) is 0 Å². The number of nitrogens with two attached hydrogens (primary N) is 1. The second kappa shape index (κ2) is 6.11. The molecule has 4 unspecified atom stereocenters. The van der Waals surface area contributed by atoms with E-state index in [1.165, 1.54) is 4.90 Å². The van der Waals surface area contributed by atoms with Crippen molar-refractivity contribution >= 4 is 17.9 Å². The number of amides is 3. The van der Waals surface area contributed by atoms with E-state index in [4.69, 9.17) is 10.5 Å². The van der Waals surface area contributed by atoms with Crippen molar-refractivity contribution in [2.45, 2.75) is 57.7 Å². The number of nitrogens with zero attached hydrogens (tertiary/aromatic N) is 1. The molecule has 2 aliphatic rings. The Labute approximate surface area is 142 Å². The Morgan fingerprint density at radius 1 is 1.38 bits per heavy atom. The van der Waals surface area contributed by atoms with Crippen molar-refractivity contribution in [3.05, 3.63) is 12.7 Å². The second-order valence-electron chi connectivity index (χ2n) is 7.76. The summed E-state index contributed by atoms with van der Waals surface area (Å²) in [6, 6.07) is -0.665. The van der Waals surface area contributed by atoms with Crippen LogP contribution < -0.4 is 11.1 Å². The highest BCUT2D eigenvalue weighted by atomic mass is 16.6. The van der Waals surface area contributed by atoms with Gasteiger partial charge in [-0.15, -0.1) is 6.58 Å². The van der Waals surface area contributed by atoms with Crippen LogP contribution in [0.1, 0.15) is 40.5 Å². The van der Waals surface area contributed by atoms with Gasteiger partial charge in [-0.1, -0.05) is 13.0 Å². The Morgan fingerprint density at radius 2 is 2.00 bits per heavy atom. The highest BCUT2D eigenvalue weighted by molar-refractivity contribution is 5.96. The maximum Gasteiger partial charge on any atom is 0.410 e. The molecule has 4 atom stereocenters. The van der Waals surface area contributed by atoms with E-state index in [-0.39, 0.29) is 17.7 Å². The van der Waals surface area contributed by atoms with Crippen LogP contribution in [0, 0.1) is 11.8 Å². The first kappa shape index (κ1) is 18.3. The summed E-state index contributed by atoms with van der Waals surface area (Å²) in [5, 5.41) is 2.75. The zero-order valence-electron chi connectivity index (χ0n) is 14.8. The summed E-state index contributed by atoms with van der Waals surface area (Å²) in [4.78, 5) is 38.3. The van der Waals surface area contributed by atoms with E-state index in [2.05, 4.69) is 11.9 Å². The van der Waals surface area contributed by atoms with Crippen molar-refractivity contribution < 1.29 is 19.1 Å². The standard InChI is InChI=1S/C17H27N3O4/c1-6-11-9-17(11,14(18)22)19-13(21)12-10(2)7-8-20(12)15(23)24-16(3,4)5/h6,10-12H,1,7-9H2,2-5H3,(H2,18,22)(H,19,21). The summed E-state index contributed by atoms with van der Waals surface area (Å²) in [6.07, 6.45) is 2.25. The highest BCUT2D eigenvalue weighted by Gasteiger charge is 2.59. The van der Waals surface area contributed by atoms with E-state index in [1.54, 1.807) is 26.8 Å². The number of primary amides is 1. The molecule has 7 nitrogen and oxygen atoms in total. The van der Waals surface area contributed by atoms with Crippen LogP contribution in [0.25, 0.3) is 0 Å². The first-order valence-corrected chi connectivity index (χ1v) is 8.26. The van der Waals surface area contributed by atoms with Gasteiger partial charge < -0.3 is 15.8 Å². The van der Waals surface area contributed by atoms with Gasteiger partial charge >= 0.3 is 6.09 Å². The molecule has 1 aliphatic heterocycles. The molecule has 2 fully saturated rings. The van der Waals surface area contributed by atoms with Crippen molar-refractivity contribution in [2.24, 2.45) is 17.6 Å². The monoisotopic (exact) mass is 337 g/mol. The third-order valence-corrected chi connectivity index (χ3v) is 4.68. The minimum Gasteiger partial charge on any atom is -0.444 e. The first-order valence-electron chi connectivity index (χ1n) is 8.26. The van der Waals surface area contributed by atoms with Gasteiger partial charge in [0.2, 0.25) is 11.8 Å². The van der Waals surface area contributed by atoms with Gasteiger partial charge in [0.15, 0.2) is 0 Å². The molecule has 1 aliphatic carbocycles. The molecule has 1 saturated carbocycles. The zero-order valence-corrected chi connectivity index (χ0v) is 14.8. The lowest BCUT2D eigenvalue weighted by atomic mass is 10.0. The molecular weight excluding hydrogens is 310 g/mol. The number of hydrogen-bond acceptors (Lipinski definition) is 4. The minimum absolute atomic E-state index is 0.0247. The normalized spacial score (nSPS) is 32.2. The Bertz CT molecular complexity index is 569. The van der Waals surface area contributed by atoms with Crippen LogP contribution in [0.3, 0.4) is 0 Å². The van der Waals surface area contributed by atoms with Gasteiger partial charge in [-0.25, -0.2) is 4.79 Å². The Kier molecular flexibility index (Phi) is 4.65. The number of carbonyl (C=O) groups excluding carboxylic acids is 3. The van der Waals surface area contributed by atoms with Crippen LogP contribution in [-0.4, -0.2) is 46.5 Å². The quantitative estimate of drug-likeness (QED) is 0.752. The van der Waals surface area contributed by atoms with Crippen molar-refractivity contribution in [3.8, 4) is 0 Å². The fourth-order valence-electron chi connectivity index (χ4n) is 3.23. The van der Waals surface area contributed by atoms with Crippen LogP contribution in [0.5, 0.6) is 0 Å². The van der Waals surface area contributed by atoms with Crippen LogP contribution >= 0.6 is 0 Å². The predicted octanol–water partition coefficient (Wildman–Crippen LogP) is 1.18. The summed E-state index contributed by atoms with van der Waals surface area (Å²) in [5.41, 5.74) is 3.75. The van der Waals surface area contributed by atoms with Gasteiger partial charge in [-0.3, -0.25) is 14.5 Å². The molecule has 0 spiro atoms. The smallest absolute Gasteiger partial charge is 0.410 e. The molecule has 0 aromatic carbocycles. The number of likely N-dealkylation sites (tertiary alicyclic amines) is 1. The fourth-order valence-corrected chi connectivity index (χ4v) is 3.23. The molecular formula is C17H27N3O4. The van der Waals surface area contributed by atoms with E-state index in [0.717, 1.165) is 0 Å². The molecule has 3 N–H and O–H groups in total. The summed E-state index contributed by atoms with van der Waals surface area (Å²) in [6.45, 7) is 11.3. The first-order chi connectivity index (χ1) is 11.0. The van der Waals surface area contributed by atoms with Crippen LogP contribution in [0.15, 0.2) is 12.7 Å². The number of hydrogen-bond donors (Lipinski definition) is 2. The molecule has 1 saturated heterocycles. The largest absolute Gasteiger partial charge is 0.444 e. The van der Waals surface area contributed by atoms with E-state index >= 15 is 0 Å². The van der Waals surface area contributed by atoms with Gasteiger partial charge in [0, 0.05) is 12.5 Å². The number of carbonyl (C=O) groups is 3. The van der Waals surface area contributed by atoms with E-state index in [1.807, 2.05) is 6.92 Å². The lowest BCUT2D eigenvalue weighted by Crippen LogP contribution is -2.56. The van der Waals surface area contributed by atoms with E-state index < -0.39 is 29.2 Å². The number of rotatable bonds is 4. The SMILES string of the molecule is C=CC1CC1(NC(=O)C1C(C)CCN1C(=O)OC(C)(C)C)C(N)=O. The Balaban J connectivity index is 2.13. The molecule has 24 heavy (non-hydrogen) atoms. The average molecular weight is 337 g/mol. The Morgan fingerprint density at radius 3 is 2.46 bits per heavy atom. The summed E-state index contributed by atoms with van der Waals surface area (Å²) in [5.74, 6) is -1.13. The van der Waals surface area contributed by atoms with Crippen molar-refractivity contribution in [3.63, 3.8) is 0 Å². The van der Waals surface area contributed by atoms with Gasteiger partial charge in [0.05, 0.1) is 0 Å². The maximum atomic E-state index is 12.8. The summed E-state index contributed by atoms with van der Waals surface area (Å²) in [7, 11) is 0. The molecule has 0 aromatic rings. The van der Waals surface area contributed by atoms with Crippen molar-refractivity contribution in [1.29, 1.82) is 0 Å². The van der Waals surface area contributed by atoms with Crippen molar-refractivity contribution in [1.82, 2.24) is 10.2 Å². The number of ether oxygens (including phenoxy) is 1. The molecule has 3 amide bonds. The summed E-state index contributed by atoms with van der Waals surface area (Å²) < 4.78 is 5.39. The molecule has 134 valence electrons. The molecule has 0 radical (unpaired) electrons. The molecule has 7 heteroatoms. The third-order valence-electron chi connectivity index (χ3n) is 4.68. The number of nitrogens with one attached hydrogen (secondary N) is 1. The lowest BCUT2D eigenvalue weighted by molar-refractivity contribution is -0.131. The van der Waals surface area contributed by atoms with Crippen LogP contribution in [0.4, 0.5) is 4.79 Å². The van der Waals surface area contributed by atoms with Gasteiger partial charge in [0.25, 0.3) is 0 Å². The third kappa shape index (κ3) is 3.39. The van der Waals surface area contributed by atoms with E-state index in [9.17, 15) is 14.4 Å². The summed E-state index contributed by atoms with van der Waals surface area (Å²) >= 11 is 0. The lowest BCUT2D eigenvalue weighted by Gasteiger charge is -2.30. The average Bonchev–Trinajstić information content (AvgIpc) is 3.02. The topological polar surface area (TPSA) is 102 Å². The molecule has 0 aromatic heterocycles. The highest BCUT2D eigenvalue weighted by Crippen LogP contribution is 2.44. The second-order valence-corrected chi connectivity index (χ2v) is 7.76. The molecule has 0 bridgehead atoms. The van der Waals surface area contributed by atoms with Gasteiger partial charge in [-0.05, 0) is 39.5 Å².